The highest BCUT2D eigenvalue weighted by molar-refractivity contribution is 5.43. The molecule has 0 fully saturated rings. The number of aryl methyl sites for hydroxylation is 1. The third-order valence-electron chi connectivity index (χ3n) is 3.63. The Hall–Kier alpha value is -1.26. The predicted octanol–water partition coefficient (Wildman–Crippen LogP) is 3.41. The molecule has 1 aromatic rings. The number of ether oxygens (including phenoxy) is 3. The summed E-state index contributed by atoms with van der Waals surface area (Å²) in [6, 6.07) is 6.01. The van der Waals surface area contributed by atoms with Crippen LogP contribution in [0.4, 0.5) is 0 Å². The van der Waals surface area contributed by atoms with Crippen LogP contribution < -0.4 is 9.47 Å². The van der Waals surface area contributed by atoms with Gasteiger partial charge >= 0.3 is 0 Å². The summed E-state index contributed by atoms with van der Waals surface area (Å²) in [5, 5.41) is 8.95. The molecule has 0 aliphatic heterocycles. The lowest BCUT2D eigenvalue weighted by Gasteiger charge is -2.18. The molecule has 0 aliphatic rings. The van der Waals surface area contributed by atoms with Crippen LogP contribution in [0.2, 0.25) is 0 Å². The number of methoxy groups -OCH3 is 2. The van der Waals surface area contributed by atoms with Crippen LogP contribution in [0.1, 0.15) is 38.7 Å². The maximum atomic E-state index is 8.95. The number of hydrogen-bond acceptors (Lipinski definition) is 4. The molecule has 1 aromatic carbocycles. The zero-order valence-electron chi connectivity index (χ0n) is 13.6. The van der Waals surface area contributed by atoms with E-state index < -0.39 is 0 Å². The van der Waals surface area contributed by atoms with Gasteiger partial charge in [-0.05, 0) is 42.9 Å². The van der Waals surface area contributed by atoms with Gasteiger partial charge in [0, 0.05) is 20.1 Å². The van der Waals surface area contributed by atoms with Gasteiger partial charge < -0.3 is 19.3 Å². The van der Waals surface area contributed by atoms with E-state index >= 15 is 0 Å². The van der Waals surface area contributed by atoms with Crippen molar-refractivity contribution in [3.8, 4) is 11.5 Å². The molecule has 1 N–H and O–H groups in total. The Bertz CT molecular complexity index is 402. The minimum Gasteiger partial charge on any atom is -0.493 e. The lowest BCUT2D eigenvalue weighted by Crippen LogP contribution is -2.17. The van der Waals surface area contributed by atoms with E-state index in [4.69, 9.17) is 19.3 Å². The van der Waals surface area contributed by atoms with Crippen molar-refractivity contribution in [2.45, 2.75) is 45.8 Å². The van der Waals surface area contributed by atoms with Crippen LogP contribution in [0.25, 0.3) is 0 Å². The van der Waals surface area contributed by atoms with Gasteiger partial charge in [0.2, 0.25) is 0 Å². The Kier molecular flexibility index (Phi) is 8.16. The van der Waals surface area contributed by atoms with Crippen molar-refractivity contribution in [3.05, 3.63) is 23.8 Å². The first kappa shape index (κ1) is 17.8. The summed E-state index contributed by atoms with van der Waals surface area (Å²) >= 11 is 0. The van der Waals surface area contributed by atoms with Crippen LogP contribution in [0, 0.1) is 5.92 Å². The number of rotatable bonds is 10. The summed E-state index contributed by atoms with van der Waals surface area (Å²) in [4.78, 5) is 0. The second-order valence-corrected chi connectivity index (χ2v) is 5.33. The van der Waals surface area contributed by atoms with Gasteiger partial charge in [0.05, 0.1) is 7.11 Å². The molecule has 4 nitrogen and oxygen atoms in total. The Balaban J connectivity index is 2.74. The number of benzene rings is 1. The fraction of sp³-hybridized carbons (Fsp3) is 0.647. The summed E-state index contributed by atoms with van der Waals surface area (Å²) in [5.74, 6) is 1.96. The van der Waals surface area contributed by atoms with E-state index in [1.165, 1.54) is 5.56 Å². The molecule has 0 spiro atoms. The highest BCUT2D eigenvalue weighted by Crippen LogP contribution is 2.30. The van der Waals surface area contributed by atoms with Crippen molar-refractivity contribution < 1.29 is 19.3 Å². The normalized spacial score (nSPS) is 13.8. The Morgan fingerprint density at radius 3 is 2.48 bits per heavy atom. The van der Waals surface area contributed by atoms with Crippen molar-refractivity contribution in [2.75, 3.05) is 20.8 Å². The summed E-state index contributed by atoms with van der Waals surface area (Å²) in [6.07, 6.45) is 3.37. The molecular weight excluding hydrogens is 268 g/mol. The van der Waals surface area contributed by atoms with Crippen LogP contribution in [0.15, 0.2) is 18.2 Å². The summed E-state index contributed by atoms with van der Waals surface area (Å²) < 4.78 is 16.5. The van der Waals surface area contributed by atoms with Crippen LogP contribution in [-0.2, 0) is 11.2 Å². The van der Waals surface area contributed by atoms with Crippen LogP contribution in [0.5, 0.6) is 11.5 Å². The maximum absolute atomic E-state index is 8.95. The molecule has 1 rings (SSSR count). The lowest BCUT2D eigenvalue weighted by atomic mass is 9.98. The van der Waals surface area contributed by atoms with Gasteiger partial charge in [0.25, 0.3) is 0 Å². The highest BCUT2D eigenvalue weighted by atomic mass is 16.7. The standard InChI is InChI=1S/C17H28O4/c1-5-17(20-4)21-16-12-14(8-9-15(16)19-3)7-6-13(2)10-11-18/h8-9,12-13,17-18H,5-7,10-11H2,1-4H3. The zero-order chi connectivity index (χ0) is 15.7. The van der Waals surface area contributed by atoms with Crippen molar-refractivity contribution in [1.82, 2.24) is 0 Å². The van der Waals surface area contributed by atoms with Crippen molar-refractivity contribution in [2.24, 2.45) is 5.92 Å². The molecular formula is C17H28O4. The summed E-state index contributed by atoms with van der Waals surface area (Å²) in [5.41, 5.74) is 1.21. The topological polar surface area (TPSA) is 47.9 Å². The molecule has 2 unspecified atom stereocenters. The van der Waals surface area contributed by atoms with Crippen LogP contribution in [-0.4, -0.2) is 32.2 Å². The second kappa shape index (κ2) is 9.64. The molecule has 4 heteroatoms. The first-order valence-electron chi connectivity index (χ1n) is 7.61. The fourth-order valence-electron chi connectivity index (χ4n) is 2.19. The van der Waals surface area contributed by atoms with E-state index in [0.29, 0.717) is 5.92 Å². The van der Waals surface area contributed by atoms with Gasteiger partial charge in [-0.3, -0.25) is 0 Å². The molecule has 21 heavy (non-hydrogen) atoms. The average molecular weight is 296 g/mol. The van der Waals surface area contributed by atoms with Crippen molar-refractivity contribution in [3.63, 3.8) is 0 Å². The number of aliphatic hydroxyl groups excluding tert-OH is 1. The van der Waals surface area contributed by atoms with E-state index in [9.17, 15) is 0 Å². The molecule has 0 aromatic heterocycles. The second-order valence-electron chi connectivity index (χ2n) is 5.33. The van der Waals surface area contributed by atoms with Gasteiger partial charge in [-0.15, -0.1) is 0 Å². The lowest BCUT2D eigenvalue weighted by molar-refractivity contribution is -0.0560. The third-order valence-corrected chi connectivity index (χ3v) is 3.63. The van der Waals surface area contributed by atoms with Gasteiger partial charge in [0.15, 0.2) is 17.8 Å². The molecule has 120 valence electrons. The molecule has 0 bridgehead atoms. The molecule has 0 saturated heterocycles. The van der Waals surface area contributed by atoms with E-state index in [0.717, 1.165) is 37.2 Å². The molecule has 2 atom stereocenters. The van der Waals surface area contributed by atoms with Gasteiger partial charge in [-0.1, -0.05) is 19.9 Å². The minimum atomic E-state index is -0.262. The Morgan fingerprint density at radius 2 is 1.90 bits per heavy atom. The number of hydrogen-bond donors (Lipinski definition) is 1. The molecule has 0 aliphatic carbocycles. The van der Waals surface area contributed by atoms with E-state index in [-0.39, 0.29) is 12.9 Å². The van der Waals surface area contributed by atoms with E-state index in [2.05, 4.69) is 13.0 Å². The minimum absolute atomic E-state index is 0.254. The average Bonchev–Trinajstić information content (AvgIpc) is 2.51. The quantitative estimate of drug-likeness (QED) is 0.672. The maximum Gasteiger partial charge on any atom is 0.199 e. The van der Waals surface area contributed by atoms with Crippen molar-refractivity contribution >= 4 is 0 Å². The van der Waals surface area contributed by atoms with Crippen LogP contribution in [0.3, 0.4) is 0 Å². The predicted molar refractivity (Wildman–Crippen MR) is 83.9 cm³/mol. The molecule has 0 heterocycles. The molecule has 0 radical (unpaired) electrons. The SMILES string of the molecule is CCC(OC)Oc1cc(CCC(C)CCO)ccc1OC. The Labute approximate surface area is 128 Å². The van der Waals surface area contributed by atoms with Crippen LogP contribution >= 0.6 is 0 Å². The van der Waals surface area contributed by atoms with E-state index in [1.807, 2.05) is 19.1 Å². The smallest absolute Gasteiger partial charge is 0.199 e. The van der Waals surface area contributed by atoms with Gasteiger partial charge in [-0.25, -0.2) is 0 Å². The van der Waals surface area contributed by atoms with Gasteiger partial charge in [0.1, 0.15) is 0 Å². The summed E-state index contributed by atoms with van der Waals surface area (Å²) in [7, 11) is 3.28. The summed E-state index contributed by atoms with van der Waals surface area (Å²) in [6.45, 7) is 4.43. The zero-order valence-corrected chi connectivity index (χ0v) is 13.6. The third kappa shape index (κ3) is 5.94. The Morgan fingerprint density at radius 1 is 1.14 bits per heavy atom. The van der Waals surface area contributed by atoms with E-state index in [1.54, 1.807) is 14.2 Å². The largest absolute Gasteiger partial charge is 0.493 e. The first-order valence-corrected chi connectivity index (χ1v) is 7.61. The fourth-order valence-corrected chi connectivity index (χ4v) is 2.19. The molecule has 0 amide bonds. The van der Waals surface area contributed by atoms with Crippen molar-refractivity contribution in [1.29, 1.82) is 0 Å². The van der Waals surface area contributed by atoms with Gasteiger partial charge in [-0.2, -0.15) is 0 Å². The monoisotopic (exact) mass is 296 g/mol. The first-order chi connectivity index (χ1) is 10.1. The highest BCUT2D eigenvalue weighted by Gasteiger charge is 2.12. The number of aliphatic hydroxyl groups is 1. The molecule has 0 saturated carbocycles.